The van der Waals surface area contributed by atoms with Crippen LogP contribution in [0.15, 0.2) is 53.4 Å². The standard InChI is InChI=1S/C18H15F3N4O2S/c19-18(20,21)11-4-3-5-12(8-11)28-10-17(27)25-24-16(26)9-15-22-13-6-1-2-7-14(13)23-15/h1-8H,9-10H2,(H,22,23)(H,24,26)(H,25,27). The highest BCUT2D eigenvalue weighted by Crippen LogP contribution is 2.31. The predicted molar refractivity (Wildman–Crippen MR) is 98.3 cm³/mol. The number of H-pyrrole nitrogens is 1. The summed E-state index contributed by atoms with van der Waals surface area (Å²) in [6.45, 7) is 0. The van der Waals surface area contributed by atoms with Gasteiger partial charge in [-0.25, -0.2) is 4.98 Å². The molecule has 1 heterocycles. The fourth-order valence-corrected chi connectivity index (χ4v) is 3.13. The lowest BCUT2D eigenvalue weighted by atomic mass is 10.2. The summed E-state index contributed by atoms with van der Waals surface area (Å²) in [5.74, 6) is -0.713. The first kappa shape index (κ1) is 19.7. The Kier molecular flexibility index (Phi) is 5.88. The Balaban J connectivity index is 1.45. The maximum atomic E-state index is 12.7. The molecule has 146 valence electrons. The molecule has 6 nitrogen and oxygen atoms in total. The number of benzene rings is 2. The van der Waals surface area contributed by atoms with Gasteiger partial charge in [-0.05, 0) is 30.3 Å². The molecule has 2 amide bonds. The van der Waals surface area contributed by atoms with Crippen LogP contribution in [0.3, 0.4) is 0 Å². The van der Waals surface area contributed by atoms with Gasteiger partial charge in [0.2, 0.25) is 11.8 Å². The van der Waals surface area contributed by atoms with E-state index in [1.54, 1.807) is 6.07 Å². The minimum atomic E-state index is -4.44. The number of nitrogens with one attached hydrogen (secondary N) is 3. The molecule has 0 saturated carbocycles. The number of imidazole rings is 1. The Morgan fingerprint density at radius 1 is 1.04 bits per heavy atom. The van der Waals surface area contributed by atoms with Gasteiger partial charge < -0.3 is 4.98 Å². The molecule has 0 aliphatic heterocycles. The highest BCUT2D eigenvalue weighted by Gasteiger charge is 2.30. The average Bonchev–Trinajstić information content (AvgIpc) is 3.06. The fraction of sp³-hybridized carbons (Fsp3) is 0.167. The van der Waals surface area contributed by atoms with Crippen LogP contribution in [-0.2, 0) is 22.2 Å². The number of amides is 2. The molecule has 10 heteroatoms. The number of fused-ring (bicyclic) bond motifs is 1. The fourth-order valence-electron chi connectivity index (χ4n) is 2.37. The number of carbonyl (C=O) groups excluding carboxylic acids is 2. The van der Waals surface area contributed by atoms with Gasteiger partial charge in [0, 0.05) is 4.90 Å². The molecule has 0 fully saturated rings. The maximum absolute atomic E-state index is 12.7. The molecule has 0 radical (unpaired) electrons. The molecule has 0 unspecified atom stereocenters. The molecule has 28 heavy (non-hydrogen) atoms. The molecule has 1 aromatic heterocycles. The van der Waals surface area contributed by atoms with E-state index < -0.39 is 23.6 Å². The van der Waals surface area contributed by atoms with Crippen molar-refractivity contribution in [2.75, 3.05) is 5.75 Å². The summed E-state index contributed by atoms with van der Waals surface area (Å²) in [6.07, 6.45) is -4.50. The van der Waals surface area contributed by atoms with Gasteiger partial charge in [0.05, 0.1) is 28.8 Å². The second kappa shape index (κ2) is 8.34. The van der Waals surface area contributed by atoms with E-state index >= 15 is 0 Å². The number of hydrogen-bond donors (Lipinski definition) is 3. The normalized spacial score (nSPS) is 11.4. The van der Waals surface area contributed by atoms with Crippen LogP contribution in [0.2, 0.25) is 0 Å². The third kappa shape index (κ3) is 5.26. The zero-order valence-corrected chi connectivity index (χ0v) is 15.2. The van der Waals surface area contributed by atoms with E-state index in [0.717, 1.165) is 34.9 Å². The number of alkyl halides is 3. The van der Waals surface area contributed by atoms with Gasteiger partial charge in [-0.1, -0.05) is 18.2 Å². The third-order valence-electron chi connectivity index (χ3n) is 3.64. The number of para-hydroxylation sites is 2. The van der Waals surface area contributed by atoms with Crippen LogP contribution in [0.5, 0.6) is 0 Å². The number of hydrogen-bond acceptors (Lipinski definition) is 4. The maximum Gasteiger partial charge on any atom is 0.416 e. The van der Waals surface area contributed by atoms with E-state index in [9.17, 15) is 22.8 Å². The predicted octanol–water partition coefficient (Wildman–Crippen LogP) is 3.06. The molecule has 0 aliphatic carbocycles. The highest BCUT2D eigenvalue weighted by molar-refractivity contribution is 8.00. The summed E-state index contributed by atoms with van der Waals surface area (Å²) in [5.41, 5.74) is 5.23. The van der Waals surface area contributed by atoms with Gasteiger partial charge in [0.25, 0.3) is 0 Å². The molecule has 3 aromatic rings. The average molecular weight is 408 g/mol. The minimum Gasteiger partial charge on any atom is -0.342 e. The summed E-state index contributed by atoms with van der Waals surface area (Å²) in [5, 5.41) is 0. The number of thioether (sulfide) groups is 1. The van der Waals surface area contributed by atoms with Gasteiger partial charge in [-0.2, -0.15) is 13.2 Å². The molecule has 0 aliphatic rings. The summed E-state index contributed by atoms with van der Waals surface area (Å²) in [6, 6.07) is 12.0. The van der Waals surface area contributed by atoms with Crippen LogP contribution in [-0.4, -0.2) is 27.5 Å². The van der Waals surface area contributed by atoms with Crippen molar-refractivity contribution in [3.8, 4) is 0 Å². The number of aromatic nitrogens is 2. The Bertz CT molecular complexity index is 971. The van der Waals surface area contributed by atoms with Gasteiger partial charge >= 0.3 is 6.18 Å². The molecular formula is C18H15F3N4O2S. The lowest BCUT2D eigenvalue weighted by Gasteiger charge is -2.09. The number of rotatable bonds is 5. The van der Waals surface area contributed by atoms with Crippen molar-refractivity contribution in [3.05, 3.63) is 59.9 Å². The van der Waals surface area contributed by atoms with E-state index in [1.807, 2.05) is 18.2 Å². The molecule has 0 bridgehead atoms. The summed E-state index contributed by atoms with van der Waals surface area (Å²) < 4.78 is 38.0. The molecule has 0 atom stereocenters. The van der Waals surface area contributed by atoms with Crippen LogP contribution >= 0.6 is 11.8 Å². The molecular weight excluding hydrogens is 393 g/mol. The van der Waals surface area contributed by atoms with Crippen molar-refractivity contribution in [2.24, 2.45) is 0 Å². The highest BCUT2D eigenvalue weighted by atomic mass is 32.2. The number of carbonyl (C=O) groups is 2. The SMILES string of the molecule is O=C(CSc1cccc(C(F)(F)F)c1)NNC(=O)Cc1nc2ccccc2[nH]1. The zero-order valence-electron chi connectivity index (χ0n) is 14.3. The van der Waals surface area contributed by atoms with E-state index in [-0.39, 0.29) is 12.2 Å². The number of nitrogens with zero attached hydrogens (tertiary/aromatic N) is 1. The monoisotopic (exact) mass is 408 g/mol. The number of aromatic amines is 1. The second-order valence-electron chi connectivity index (χ2n) is 5.79. The van der Waals surface area contributed by atoms with E-state index in [4.69, 9.17) is 0 Å². The topological polar surface area (TPSA) is 86.9 Å². The van der Waals surface area contributed by atoms with Crippen LogP contribution < -0.4 is 10.9 Å². The first-order valence-electron chi connectivity index (χ1n) is 8.12. The molecule has 0 spiro atoms. The van der Waals surface area contributed by atoms with E-state index in [1.165, 1.54) is 12.1 Å². The lowest BCUT2D eigenvalue weighted by molar-refractivity contribution is -0.137. The molecule has 3 N–H and O–H groups in total. The van der Waals surface area contributed by atoms with Crippen molar-refractivity contribution >= 4 is 34.6 Å². The lowest BCUT2D eigenvalue weighted by Crippen LogP contribution is -2.43. The van der Waals surface area contributed by atoms with Crippen molar-refractivity contribution in [1.29, 1.82) is 0 Å². The van der Waals surface area contributed by atoms with Crippen molar-refractivity contribution in [2.45, 2.75) is 17.5 Å². The van der Waals surface area contributed by atoms with Crippen LogP contribution in [0, 0.1) is 0 Å². The smallest absolute Gasteiger partial charge is 0.342 e. The van der Waals surface area contributed by atoms with Gasteiger partial charge in [-0.15, -0.1) is 11.8 Å². The molecule has 2 aromatic carbocycles. The zero-order chi connectivity index (χ0) is 20.1. The van der Waals surface area contributed by atoms with Crippen LogP contribution in [0.25, 0.3) is 11.0 Å². The number of halogens is 3. The number of hydrazine groups is 1. The van der Waals surface area contributed by atoms with Crippen molar-refractivity contribution in [1.82, 2.24) is 20.8 Å². The van der Waals surface area contributed by atoms with Crippen molar-refractivity contribution < 1.29 is 22.8 Å². The first-order chi connectivity index (χ1) is 13.3. The Morgan fingerprint density at radius 2 is 1.79 bits per heavy atom. The Hall–Kier alpha value is -3.01. The van der Waals surface area contributed by atoms with Crippen LogP contribution in [0.1, 0.15) is 11.4 Å². The molecule has 0 saturated heterocycles. The summed E-state index contributed by atoms with van der Waals surface area (Å²) >= 11 is 0.936. The third-order valence-corrected chi connectivity index (χ3v) is 4.63. The first-order valence-corrected chi connectivity index (χ1v) is 9.11. The van der Waals surface area contributed by atoms with E-state index in [0.29, 0.717) is 10.7 Å². The summed E-state index contributed by atoms with van der Waals surface area (Å²) in [7, 11) is 0. The Labute approximate surface area is 161 Å². The van der Waals surface area contributed by atoms with Crippen molar-refractivity contribution in [3.63, 3.8) is 0 Å². The van der Waals surface area contributed by atoms with Crippen LogP contribution in [0.4, 0.5) is 13.2 Å². The minimum absolute atomic E-state index is 0.0598. The van der Waals surface area contributed by atoms with E-state index in [2.05, 4.69) is 20.8 Å². The van der Waals surface area contributed by atoms with Gasteiger partial charge in [-0.3, -0.25) is 20.4 Å². The summed E-state index contributed by atoms with van der Waals surface area (Å²) in [4.78, 5) is 31.3. The second-order valence-corrected chi connectivity index (χ2v) is 6.84. The van der Waals surface area contributed by atoms with Gasteiger partial charge in [0.15, 0.2) is 0 Å². The quantitative estimate of drug-likeness (QED) is 0.447. The Morgan fingerprint density at radius 3 is 2.54 bits per heavy atom. The van der Waals surface area contributed by atoms with Gasteiger partial charge in [0.1, 0.15) is 5.82 Å². The largest absolute Gasteiger partial charge is 0.416 e. The molecule has 3 rings (SSSR count).